The van der Waals surface area contributed by atoms with E-state index in [1.165, 1.54) is 0 Å². The largest absolute Gasteiger partial charge is 0.494 e. The Morgan fingerprint density at radius 1 is 1.16 bits per heavy atom. The number of nitriles is 1. The molecule has 8 heteroatoms. The van der Waals surface area contributed by atoms with E-state index in [1.807, 2.05) is 50.2 Å². The Bertz CT molecular complexity index is 1230. The molecule has 1 N–H and O–H groups in total. The highest BCUT2D eigenvalue weighted by atomic mass is 16.5. The predicted octanol–water partition coefficient (Wildman–Crippen LogP) is 4.30. The van der Waals surface area contributed by atoms with Crippen LogP contribution < -0.4 is 10.1 Å². The van der Waals surface area contributed by atoms with Crippen LogP contribution in [0.25, 0.3) is 11.3 Å². The number of aromatic nitrogens is 2. The summed E-state index contributed by atoms with van der Waals surface area (Å²) in [6.07, 6.45) is 3.30. The summed E-state index contributed by atoms with van der Waals surface area (Å²) in [5.74, 6) is 1.25. The fourth-order valence-corrected chi connectivity index (χ4v) is 4.02. The van der Waals surface area contributed by atoms with Crippen molar-refractivity contribution in [2.75, 3.05) is 44.8 Å². The van der Waals surface area contributed by atoms with E-state index < -0.39 is 0 Å². The third-order valence-electron chi connectivity index (χ3n) is 6.20. The minimum Gasteiger partial charge on any atom is -0.494 e. The number of ether oxygens (including phenoxy) is 2. The van der Waals surface area contributed by atoms with E-state index in [0.29, 0.717) is 30.1 Å². The number of hydrogen-bond donors (Lipinski definition) is 1. The van der Waals surface area contributed by atoms with Gasteiger partial charge in [0.2, 0.25) is 5.91 Å². The fraction of sp³-hybridized carbons (Fsp3) is 0.379. The van der Waals surface area contributed by atoms with Gasteiger partial charge in [-0.25, -0.2) is 9.97 Å². The molecular weight excluding hydrogens is 466 g/mol. The molecule has 0 atom stereocenters. The minimum atomic E-state index is -0.170. The minimum absolute atomic E-state index is 0.127. The number of rotatable bonds is 10. The van der Waals surface area contributed by atoms with Gasteiger partial charge in [0, 0.05) is 43.7 Å². The Morgan fingerprint density at radius 3 is 2.68 bits per heavy atom. The zero-order chi connectivity index (χ0) is 26.0. The molecule has 1 aromatic heterocycles. The van der Waals surface area contributed by atoms with Crippen molar-refractivity contribution in [3.63, 3.8) is 0 Å². The average Bonchev–Trinajstić information content (AvgIpc) is 2.93. The van der Waals surface area contributed by atoms with E-state index >= 15 is 0 Å². The van der Waals surface area contributed by atoms with E-state index in [9.17, 15) is 10.1 Å². The summed E-state index contributed by atoms with van der Waals surface area (Å²) in [7, 11) is 0. The summed E-state index contributed by atoms with van der Waals surface area (Å²) in [5.41, 5.74) is 3.50. The van der Waals surface area contributed by atoms with Crippen molar-refractivity contribution in [3.8, 4) is 23.1 Å². The van der Waals surface area contributed by atoms with Gasteiger partial charge in [-0.2, -0.15) is 5.26 Å². The first-order valence-corrected chi connectivity index (χ1v) is 12.7. The number of carbonyl (C=O) groups excluding carboxylic acids is 1. The summed E-state index contributed by atoms with van der Waals surface area (Å²) in [4.78, 5) is 23.6. The highest BCUT2D eigenvalue weighted by Gasteiger charge is 2.13. The second kappa shape index (κ2) is 12.9. The highest BCUT2D eigenvalue weighted by Crippen LogP contribution is 2.24. The second-order valence-electron chi connectivity index (χ2n) is 9.35. The molecule has 0 bridgehead atoms. The summed E-state index contributed by atoms with van der Waals surface area (Å²) in [6.45, 7) is 8.98. The summed E-state index contributed by atoms with van der Waals surface area (Å²) in [5, 5.41) is 12.4. The molecule has 1 amide bonds. The van der Waals surface area contributed by atoms with Crippen molar-refractivity contribution in [2.45, 2.75) is 26.7 Å². The summed E-state index contributed by atoms with van der Waals surface area (Å²) < 4.78 is 11.3. The van der Waals surface area contributed by atoms with Crippen LogP contribution in [0.3, 0.4) is 0 Å². The van der Waals surface area contributed by atoms with Gasteiger partial charge in [-0.15, -0.1) is 0 Å². The number of morpholine rings is 1. The van der Waals surface area contributed by atoms with E-state index in [-0.39, 0.29) is 11.8 Å². The Balaban J connectivity index is 1.34. The SMILES string of the molecule is CC(C)C(=O)Nc1ccc(-c2ccnc(Cc3ccc(OCCCN4CCOCC4)cc3)n2)cc1C#N. The molecule has 0 saturated carbocycles. The van der Waals surface area contributed by atoms with E-state index in [4.69, 9.17) is 14.5 Å². The summed E-state index contributed by atoms with van der Waals surface area (Å²) in [6, 6.07) is 17.4. The zero-order valence-electron chi connectivity index (χ0n) is 21.4. The second-order valence-corrected chi connectivity index (χ2v) is 9.35. The fourth-order valence-electron chi connectivity index (χ4n) is 4.02. The van der Waals surface area contributed by atoms with Gasteiger partial charge in [-0.3, -0.25) is 9.69 Å². The summed E-state index contributed by atoms with van der Waals surface area (Å²) >= 11 is 0. The molecule has 0 radical (unpaired) electrons. The molecule has 0 aliphatic carbocycles. The Labute approximate surface area is 218 Å². The average molecular weight is 500 g/mol. The topological polar surface area (TPSA) is 100 Å². The van der Waals surface area contributed by atoms with E-state index in [2.05, 4.69) is 21.3 Å². The van der Waals surface area contributed by atoms with Gasteiger partial charge in [-0.05, 0) is 42.3 Å². The lowest BCUT2D eigenvalue weighted by atomic mass is 10.1. The number of nitrogens with one attached hydrogen (secondary N) is 1. The molecule has 1 fully saturated rings. The first-order valence-electron chi connectivity index (χ1n) is 12.7. The first-order chi connectivity index (χ1) is 18.0. The molecular formula is C29H33N5O3. The zero-order valence-corrected chi connectivity index (χ0v) is 21.4. The first kappa shape index (κ1) is 26.3. The van der Waals surface area contributed by atoms with Crippen LogP contribution in [0.5, 0.6) is 5.75 Å². The van der Waals surface area contributed by atoms with Gasteiger partial charge in [0.15, 0.2) is 0 Å². The van der Waals surface area contributed by atoms with Crippen LogP contribution in [0, 0.1) is 17.2 Å². The van der Waals surface area contributed by atoms with Crippen LogP contribution in [0.2, 0.25) is 0 Å². The van der Waals surface area contributed by atoms with Crippen LogP contribution in [-0.2, 0) is 16.0 Å². The molecule has 8 nitrogen and oxygen atoms in total. The standard InChI is InChI=1S/C29H33N5O3/c1-21(2)29(35)33-26-9-6-23(19-24(26)20-30)27-10-11-31-28(32-27)18-22-4-7-25(8-5-22)37-15-3-12-34-13-16-36-17-14-34/h4-11,19,21H,3,12-18H2,1-2H3,(H,33,35). The molecule has 1 aliphatic rings. The number of hydrogen-bond acceptors (Lipinski definition) is 7. The molecule has 37 heavy (non-hydrogen) atoms. The predicted molar refractivity (Wildman–Crippen MR) is 142 cm³/mol. The van der Waals surface area contributed by atoms with Gasteiger partial charge in [0.25, 0.3) is 0 Å². The maximum Gasteiger partial charge on any atom is 0.226 e. The maximum atomic E-state index is 12.0. The molecule has 0 unspecified atom stereocenters. The van der Waals surface area contributed by atoms with Crippen molar-refractivity contribution in [2.24, 2.45) is 5.92 Å². The quantitative estimate of drug-likeness (QED) is 0.415. The van der Waals surface area contributed by atoms with Gasteiger partial charge in [0.1, 0.15) is 17.6 Å². The lowest BCUT2D eigenvalue weighted by Crippen LogP contribution is -2.37. The highest BCUT2D eigenvalue weighted by molar-refractivity contribution is 5.93. The van der Waals surface area contributed by atoms with Crippen LogP contribution >= 0.6 is 0 Å². The third-order valence-corrected chi connectivity index (χ3v) is 6.20. The number of nitrogens with zero attached hydrogens (tertiary/aromatic N) is 4. The van der Waals surface area contributed by atoms with Gasteiger partial charge >= 0.3 is 0 Å². The van der Waals surface area contributed by atoms with Gasteiger partial charge in [0.05, 0.1) is 36.8 Å². The molecule has 1 saturated heterocycles. The lowest BCUT2D eigenvalue weighted by Gasteiger charge is -2.26. The van der Waals surface area contributed by atoms with E-state index in [0.717, 1.165) is 61.8 Å². The normalized spacial score (nSPS) is 13.8. The molecule has 2 heterocycles. The van der Waals surface area contributed by atoms with Crippen LogP contribution in [0.15, 0.2) is 54.7 Å². The number of benzene rings is 2. The Hall–Kier alpha value is -3.80. The van der Waals surface area contributed by atoms with Gasteiger partial charge in [-0.1, -0.05) is 32.0 Å². The van der Waals surface area contributed by atoms with Crippen LogP contribution in [0.1, 0.15) is 37.2 Å². The molecule has 192 valence electrons. The number of amides is 1. The number of anilines is 1. The van der Waals surface area contributed by atoms with Crippen LogP contribution in [-0.4, -0.2) is 60.2 Å². The van der Waals surface area contributed by atoms with Crippen molar-refractivity contribution in [1.82, 2.24) is 14.9 Å². The lowest BCUT2D eigenvalue weighted by molar-refractivity contribution is -0.118. The monoisotopic (exact) mass is 499 g/mol. The maximum absolute atomic E-state index is 12.0. The smallest absolute Gasteiger partial charge is 0.226 e. The molecule has 4 rings (SSSR count). The molecule has 1 aliphatic heterocycles. The van der Waals surface area contributed by atoms with Crippen molar-refractivity contribution >= 4 is 11.6 Å². The Kier molecular flexibility index (Phi) is 9.19. The van der Waals surface area contributed by atoms with E-state index in [1.54, 1.807) is 18.3 Å². The molecule has 2 aromatic carbocycles. The van der Waals surface area contributed by atoms with Crippen molar-refractivity contribution in [3.05, 3.63) is 71.7 Å². The third kappa shape index (κ3) is 7.59. The van der Waals surface area contributed by atoms with Crippen LogP contribution in [0.4, 0.5) is 5.69 Å². The number of carbonyl (C=O) groups is 1. The van der Waals surface area contributed by atoms with Crippen molar-refractivity contribution in [1.29, 1.82) is 5.26 Å². The Morgan fingerprint density at radius 2 is 1.95 bits per heavy atom. The molecule has 3 aromatic rings. The van der Waals surface area contributed by atoms with Crippen molar-refractivity contribution < 1.29 is 14.3 Å². The molecule has 0 spiro atoms. The van der Waals surface area contributed by atoms with Gasteiger partial charge < -0.3 is 14.8 Å².